The number of pyridine rings is 1. The van der Waals surface area contributed by atoms with Gasteiger partial charge in [0.15, 0.2) is 5.96 Å². The molecule has 0 aromatic carbocycles. The van der Waals surface area contributed by atoms with Gasteiger partial charge in [-0.15, -0.1) is 0 Å². The first-order valence-electron chi connectivity index (χ1n) is 8.97. The second-order valence-corrected chi connectivity index (χ2v) is 7.14. The highest BCUT2D eigenvalue weighted by atomic mass is 15.3. The Morgan fingerprint density at radius 3 is 2.71 bits per heavy atom. The molecule has 1 atom stereocenters. The summed E-state index contributed by atoms with van der Waals surface area (Å²) < 4.78 is 0. The first-order valence-corrected chi connectivity index (χ1v) is 8.97. The number of hydrogen-bond donors (Lipinski definition) is 3. The zero-order valence-corrected chi connectivity index (χ0v) is 15.0. The molecule has 2 heterocycles. The fourth-order valence-electron chi connectivity index (χ4n) is 3.79. The Morgan fingerprint density at radius 2 is 2.00 bits per heavy atom. The Hall–Kier alpha value is -1.88. The first-order chi connectivity index (χ1) is 11.5. The van der Waals surface area contributed by atoms with Gasteiger partial charge in [0.25, 0.3) is 0 Å². The van der Waals surface area contributed by atoms with Gasteiger partial charge in [-0.05, 0) is 56.7 Å². The Balaban J connectivity index is 1.81. The normalized spacial score (nSPS) is 27.1. The van der Waals surface area contributed by atoms with Crippen molar-refractivity contribution in [2.24, 2.45) is 16.6 Å². The van der Waals surface area contributed by atoms with Crippen LogP contribution in [0.5, 0.6) is 0 Å². The number of aliphatic imine (C=N–C) groups is 1. The molecule has 0 amide bonds. The van der Waals surface area contributed by atoms with Crippen molar-refractivity contribution in [2.75, 3.05) is 0 Å². The number of rotatable bonds is 3. The zero-order chi connectivity index (χ0) is 17.2. The third kappa shape index (κ3) is 3.31. The molecule has 1 fully saturated rings. The molecule has 4 N–H and O–H groups in total. The number of guanidine groups is 1. The molecular formula is C19H29N5. The highest BCUT2D eigenvalue weighted by Crippen LogP contribution is 2.35. The lowest BCUT2D eigenvalue weighted by Crippen LogP contribution is -2.67. The third-order valence-electron chi connectivity index (χ3n) is 5.57. The Bertz CT molecular complexity index is 657. The SMILES string of the molecule is CC1=C(C)C(N)(C2CCCCC2)NC(=NCc2ncccc2C)N1. The van der Waals surface area contributed by atoms with E-state index in [1.54, 1.807) is 0 Å². The lowest BCUT2D eigenvalue weighted by atomic mass is 9.76. The minimum atomic E-state index is -0.492. The van der Waals surface area contributed by atoms with Crippen LogP contribution in [0.25, 0.3) is 0 Å². The van der Waals surface area contributed by atoms with Gasteiger partial charge >= 0.3 is 0 Å². The van der Waals surface area contributed by atoms with E-state index in [1.807, 2.05) is 12.3 Å². The van der Waals surface area contributed by atoms with Gasteiger partial charge in [-0.3, -0.25) is 4.98 Å². The Labute approximate surface area is 144 Å². The molecule has 0 bridgehead atoms. The van der Waals surface area contributed by atoms with E-state index in [4.69, 9.17) is 10.7 Å². The van der Waals surface area contributed by atoms with Gasteiger partial charge in [-0.1, -0.05) is 25.3 Å². The average Bonchev–Trinajstić information content (AvgIpc) is 2.59. The van der Waals surface area contributed by atoms with Gasteiger partial charge in [0.2, 0.25) is 0 Å². The maximum atomic E-state index is 6.85. The van der Waals surface area contributed by atoms with Crippen molar-refractivity contribution < 1.29 is 0 Å². The summed E-state index contributed by atoms with van der Waals surface area (Å²) in [5, 5.41) is 6.86. The highest BCUT2D eigenvalue weighted by molar-refractivity contribution is 5.84. The number of aryl methyl sites for hydroxylation is 1. The van der Waals surface area contributed by atoms with E-state index in [-0.39, 0.29) is 0 Å². The van der Waals surface area contributed by atoms with Crippen molar-refractivity contribution in [2.45, 2.75) is 65.1 Å². The molecule has 0 radical (unpaired) electrons. The summed E-state index contributed by atoms with van der Waals surface area (Å²) in [7, 11) is 0. The predicted molar refractivity (Wildman–Crippen MR) is 98.3 cm³/mol. The van der Waals surface area contributed by atoms with Gasteiger partial charge in [-0.2, -0.15) is 0 Å². The minimum Gasteiger partial charge on any atom is -0.334 e. The largest absolute Gasteiger partial charge is 0.334 e. The quantitative estimate of drug-likeness (QED) is 0.798. The van der Waals surface area contributed by atoms with Crippen LogP contribution in [0.15, 0.2) is 34.6 Å². The van der Waals surface area contributed by atoms with Crippen molar-refractivity contribution in [1.82, 2.24) is 15.6 Å². The van der Waals surface area contributed by atoms with Crippen molar-refractivity contribution in [3.63, 3.8) is 0 Å². The molecule has 130 valence electrons. The molecule has 5 nitrogen and oxygen atoms in total. The Morgan fingerprint density at radius 1 is 1.25 bits per heavy atom. The van der Waals surface area contributed by atoms with Crippen LogP contribution < -0.4 is 16.4 Å². The van der Waals surface area contributed by atoms with Crippen LogP contribution in [0, 0.1) is 12.8 Å². The number of nitrogens with two attached hydrogens (primary N) is 1. The molecule has 0 spiro atoms. The maximum absolute atomic E-state index is 6.85. The summed E-state index contributed by atoms with van der Waals surface area (Å²) in [6.45, 7) is 6.83. The molecule has 1 unspecified atom stereocenters. The number of aromatic nitrogens is 1. The van der Waals surface area contributed by atoms with Crippen molar-refractivity contribution in [1.29, 1.82) is 0 Å². The molecular weight excluding hydrogens is 298 g/mol. The summed E-state index contributed by atoms with van der Waals surface area (Å²) in [4.78, 5) is 9.12. The maximum Gasteiger partial charge on any atom is 0.197 e. The summed E-state index contributed by atoms with van der Waals surface area (Å²) >= 11 is 0. The smallest absolute Gasteiger partial charge is 0.197 e. The summed E-state index contributed by atoms with van der Waals surface area (Å²) in [5.74, 6) is 1.22. The van der Waals surface area contributed by atoms with E-state index >= 15 is 0 Å². The van der Waals surface area contributed by atoms with Crippen molar-refractivity contribution in [3.05, 3.63) is 40.9 Å². The number of allylic oxidation sites excluding steroid dienone is 1. The van der Waals surface area contributed by atoms with Gasteiger partial charge < -0.3 is 16.4 Å². The highest BCUT2D eigenvalue weighted by Gasteiger charge is 2.41. The van der Waals surface area contributed by atoms with Gasteiger partial charge in [0, 0.05) is 11.9 Å². The summed E-state index contributed by atoms with van der Waals surface area (Å²) in [6, 6.07) is 4.02. The van der Waals surface area contributed by atoms with Crippen LogP contribution in [0.3, 0.4) is 0 Å². The zero-order valence-electron chi connectivity index (χ0n) is 15.0. The number of hydrogen-bond acceptors (Lipinski definition) is 3. The number of nitrogens with one attached hydrogen (secondary N) is 2. The van der Waals surface area contributed by atoms with Gasteiger partial charge in [0.1, 0.15) is 5.66 Å². The van der Waals surface area contributed by atoms with E-state index in [9.17, 15) is 0 Å². The molecule has 1 aromatic rings. The monoisotopic (exact) mass is 327 g/mol. The molecule has 5 heteroatoms. The van der Waals surface area contributed by atoms with Crippen molar-refractivity contribution >= 4 is 5.96 Å². The summed E-state index contributed by atoms with van der Waals surface area (Å²) in [5.41, 5.74) is 10.8. The van der Waals surface area contributed by atoms with Gasteiger partial charge in [0.05, 0.1) is 12.2 Å². The molecule has 1 aliphatic heterocycles. The van der Waals surface area contributed by atoms with Gasteiger partial charge in [-0.25, -0.2) is 4.99 Å². The molecule has 1 aromatic heterocycles. The topological polar surface area (TPSA) is 75.3 Å². The first kappa shape index (κ1) is 17.0. The molecule has 0 saturated heterocycles. The molecule has 2 aliphatic rings. The predicted octanol–water partition coefficient (Wildman–Crippen LogP) is 2.97. The van der Waals surface area contributed by atoms with Crippen LogP contribution in [0.2, 0.25) is 0 Å². The van der Waals surface area contributed by atoms with Crippen LogP contribution in [0.1, 0.15) is 57.2 Å². The number of nitrogens with zero attached hydrogens (tertiary/aromatic N) is 2. The van der Waals surface area contributed by atoms with E-state index < -0.39 is 5.66 Å². The molecule has 3 rings (SSSR count). The van der Waals surface area contributed by atoms with Crippen molar-refractivity contribution in [3.8, 4) is 0 Å². The minimum absolute atomic E-state index is 0.463. The third-order valence-corrected chi connectivity index (χ3v) is 5.57. The molecule has 1 aliphatic carbocycles. The van der Waals surface area contributed by atoms with Crippen LogP contribution >= 0.6 is 0 Å². The van der Waals surface area contributed by atoms with E-state index in [0.29, 0.717) is 12.5 Å². The second-order valence-electron chi connectivity index (χ2n) is 7.14. The van der Waals surface area contributed by atoms with Crippen LogP contribution in [0.4, 0.5) is 0 Å². The Kier molecular flexibility index (Phi) is 4.90. The van der Waals surface area contributed by atoms with E-state index in [0.717, 1.165) is 22.9 Å². The lowest BCUT2D eigenvalue weighted by Gasteiger charge is -2.45. The van der Waals surface area contributed by atoms with E-state index in [2.05, 4.69) is 42.5 Å². The average molecular weight is 327 g/mol. The van der Waals surface area contributed by atoms with Crippen LogP contribution in [-0.2, 0) is 6.54 Å². The second kappa shape index (κ2) is 6.93. The van der Waals surface area contributed by atoms with Crippen LogP contribution in [-0.4, -0.2) is 16.6 Å². The standard InChI is InChI=1S/C19H29N5/c1-13-8-7-11-21-17(13)12-22-18-23-15(3)14(2)19(20,24-18)16-9-5-4-6-10-16/h7-8,11,16H,4-6,9-10,12,20H2,1-3H3,(H2,22,23,24). The fraction of sp³-hybridized carbons (Fsp3) is 0.579. The lowest BCUT2D eigenvalue weighted by molar-refractivity contribution is 0.215. The summed E-state index contributed by atoms with van der Waals surface area (Å²) in [6.07, 6.45) is 8.04. The van der Waals surface area contributed by atoms with E-state index in [1.165, 1.54) is 37.7 Å². The molecule has 24 heavy (non-hydrogen) atoms. The fourth-order valence-corrected chi connectivity index (χ4v) is 3.79. The molecule has 1 saturated carbocycles.